The fourth-order valence-electron chi connectivity index (χ4n) is 2.02. The molecule has 20 heavy (non-hydrogen) atoms. The largest absolute Gasteiger partial charge is 0.322 e. The standard InChI is InChI=1S/C14H12Br4N2/c15-7-3-1-4-8(16)11(7)13(19)14(20)12-9(17)5-2-6-10(12)18/h1-6,13-14H,19-20H2. The van der Waals surface area contributed by atoms with E-state index < -0.39 is 0 Å². The van der Waals surface area contributed by atoms with Gasteiger partial charge in [0.15, 0.2) is 0 Å². The molecule has 0 aromatic heterocycles. The Hall–Kier alpha value is 0.280. The quantitative estimate of drug-likeness (QED) is 0.559. The second-order valence-electron chi connectivity index (χ2n) is 4.32. The molecule has 0 bridgehead atoms. The third-order valence-electron chi connectivity index (χ3n) is 3.05. The first-order chi connectivity index (χ1) is 9.43. The van der Waals surface area contributed by atoms with Crippen LogP contribution in [0.1, 0.15) is 23.2 Å². The fourth-order valence-corrected chi connectivity index (χ4v) is 5.07. The lowest BCUT2D eigenvalue weighted by molar-refractivity contribution is 0.566. The Bertz CT molecular complexity index is 535. The number of nitrogens with two attached hydrogens (primary N) is 2. The summed E-state index contributed by atoms with van der Waals surface area (Å²) in [7, 11) is 0. The molecule has 2 atom stereocenters. The summed E-state index contributed by atoms with van der Waals surface area (Å²) in [5.74, 6) is 0. The first-order valence-electron chi connectivity index (χ1n) is 5.82. The van der Waals surface area contributed by atoms with Crippen LogP contribution in [0.25, 0.3) is 0 Å². The molecule has 106 valence electrons. The zero-order chi connectivity index (χ0) is 14.9. The molecule has 4 N–H and O–H groups in total. The van der Waals surface area contributed by atoms with Gasteiger partial charge in [0.05, 0.1) is 12.1 Å². The lowest BCUT2D eigenvalue weighted by Gasteiger charge is -2.24. The monoisotopic (exact) mass is 524 g/mol. The number of rotatable bonds is 3. The molecule has 6 heteroatoms. The van der Waals surface area contributed by atoms with E-state index in [4.69, 9.17) is 11.5 Å². The van der Waals surface area contributed by atoms with Crippen LogP contribution in [-0.2, 0) is 0 Å². The SMILES string of the molecule is NC(c1c(Br)cccc1Br)C(N)c1c(Br)cccc1Br. The lowest BCUT2D eigenvalue weighted by Crippen LogP contribution is -2.27. The van der Waals surface area contributed by atoms with Crippen molar-refractivity contribution >= 4 is 63.7 Å². The Labute approximate surface area is 151 Å². The van der Waals surface area contributed by atoms with E-state index in [0.717, 1.165) is 29.0 Å². The van der Waals surface area contributed by atoms with E-state index in [9.17, 15) is 0 Å². The maximum atomic E-state index is 6.38. The van der Waals surface area contributed by atoms with Crippen LogP contribution in [0.2, 0.25) is 0 Å². The summed E-state index contributed by atoms with van der Waals surface area (Å²) in [5.41, 5.74) is 14.7. The van der Waals surface area contributed by atoms with Crippen LogP contribution < -0.4 is 11.5 Å². The third-order valence-corrected chi connectivity index (χ3v) is 5.82. The zero-order valence-corrected chi connectivity index (χ0v) is 16.6. The fraction of sp³-hybridized carbons (Fsp3) is 0.143. The van der Waals surface area contributed by atoms with Gasteiger partial charge in [-0.15, -0.1) is 0 Å². The van der Waals surface area contributed by atoms with Gasteiger partial charge >= 0.3 is 0 Å². The minimum Gasteiger partial charge on any atom is -0.322 e. The van der Waals surface area contributed by atoms with Gasteiger partial charge < -0.3 is 11.5 Å². The highest BCUT2D eigenvalue weighted by atomic mass is 79.9. The lowest BCUT2D eigenvalue weighted by atomic mass is 9.95. The predicted octanol–water partition coefficient (Wildman–Crippen LogP) is 5.44. The van der Waals surface area contributed by atoms with Gasteiger partial charge in [0.1, 0.15) is 0 Å². The molecule has 2 aromatic rings. The molecule has 2 nitrogen and oxygen atoms in total. The third kappa shape index (κ3) is 3.36. The highest BCUT2D eigenvalue weighted by molar-refractivity contribution is 9.11. The van der Waals surface area contributed by atoms with Crippen molar-refractivity contribution < 1.29 is 0 Å². The number of hydrogen-bond acceptors (Lipinski definition) is 2. The van der Waals surface area contributed by atoms with E-state index >= 15 is 0 Å². The van der Waals surface area contributed by atoms with Crippen LogP contribution in [0.15, 0.2) is 54.3 Å². The van der Waals surface area contributed by atoms with Crippen molar-refractivity contribution in [1.82, 2.24) is 0 Å². The van der Waals surface area contributed by atoms with E-state index in [1.54, 1.807) is 0 Å². The molecule has 0 aliphatic rings. The summed E-state index contributed by atoms with van der Waals surface area (Å²) >= 11 is 14.1. The van der Waals surface area contributed by atoms with Crippen molar-refractivity contribution in [2.24, 2.45) is 11.5 Å². The van der Waals surface area contributed by atoms with Gasteiger partial charge in [-0.2, -0.15) is 0 Å². The summed E-state index contributed by atoms with van der Waals surface area (Å²) in [4.78, 5) is 0. The summed E-state index contributed by atoms with van der Waals surface area (Å²) in [6.45, 7) is 0. The Morgan fingerprint density at radius 2 is 0.850 bits per heavy atom. The maximum absolute atomic E-state index is 6.38. The molecular weight excluding hydrogens is 516 g/mol. The van der Waals surface area contributed by atoms with Gasteiger partial charge in [-0.1, -0.05) is 75.9 Å². The molecule has 0 amide bonds. The highest BCUT2D eigenvalue weighted by Gasteiger charge is 2.24. The second-order valence-corrected chi connectivity index (χ2v) is 7.74. The van der Waals surface area contributed by atoms with Crippen molar-refractivity contribution in [2.75, 3.05) is 0 Å². The Morgan fingerprint density at radius 1 is 0.600 bits per heavy atom. The zero-order valence-electron chi connectivity index (χ0n) is 10.3. The molecule has 0 saturated heterocycles. The normalized spacial score (nSPS) is 14.1. The molecular formula is C14H12Br4N2. The van der Waals surface area contributed by atoms with E-state index in [1.165, 1.54) is 0 Å². The van der Waals surface area contributed by atoms with E-state index in [1.807, 2.05) is 36.4 Å². The van der Waals surface area contributed by atoms with E-state index in [-0.39, 0.29) is 12.1 Å². The van der Waals surface area contributed by atoms with Crippen LogP contribution in [0.3, 0.4) is 0 Å². The number of hydrogen-bond donors (Lipinski definition) is 2. The second kappa shape index (κ2) is 7.03. The highest BCUT2D eigenvalue weighted by Crippen LogP contribution is 2.39. The summed E-state index contributed by atoms with van der Waals surface area (Å²) < 4.78 is 3.77. The average Bonchev–Trinajstić information content (AvgIpc) is 2.37. The molecule has 2 rings (SSSR count). The molecule has 0 spiro atoms. The first kappa shape index (κ1) is 16.6. The van der Waals surface area contributed by atoms with Gasteiger partial charge in [-0.25, -0.2) is 0 Å². The average molecular weight is 528 g/mol. The Morgan fingerprint density at radius 3 is 1.10 bits per heavy atom. The van der Waals surface area contributed by atoms with Gasteiger partial charge in [-0.3, -0.25) is 0 Å². The molecule has 0 heterocycles. The number of benzene rings is 2. The molecule has 0 aliphatic heterocycles. The topological polar surface area (TPSA) is 52.0 Å². The van der Waals surface area contributed by atoms with Gasteiger partial charge in [-0.05, 0) is 35.4 Å². The van der Waals surface area contributed by atoms with Gasteiger partial charge in [0.25, 0.3) is 0 Å². The van der Waals surface area contributed by atoms with Crippen LogP contribution in [0, 0.1) is 0 Å². The van der Waals surface area contributed by atoms with Gasteiger partial charge in [0, 0.05) is 17.9 Å². The van der Waals surface area contributed by atoms with Gasteiger partial charge in [0.2, 0.25) is 0 Å². The smallest absolute Gasteiger partial charge is 0.0514 e. The van der Waals surface area contributed by atoms with Crippen molar-refractivity contribution in [1.29, 1.82) is 0 Å². The molecule has 2 aromatic carbocycles. The van der Waals surface area contributed by atoms with Crippen molar-refractivity contribution in [2.45, 2.75) is 12.1 Å². The van der Waals surface area contributed by atoms with Crippen LogP contribution in [-0.4, -0.2) is 0 Å². The van der Waals surface area contributed by atoms with E-state index in [2.05, 4.69) is 63.7 Å². The Kier molecular flexibility index (Phi) is 5.85. The molecule has 0 aliphatic carbocycles. The Balaban J connectivity index is 2.46. The van der Waals surface area contributed by atoms with Crippen LogP contribution in [0.5, 0.6) is 0 Å². The predicted molar refractivity (Wildman–Crippen MR) is 97.5 cm³/mol. The first-order valence-corrected chi connectivity index (χ1v) is 8.99. The summed E-state index contributed by atoms with van der Waals surface area (Å²) in [6, 6.07) is 11.1. The molecule has 0 saturated carbocycles. The minimum absolute atomic E-state index is 0.338. The number of halogens is 4. The summed E-state index contributed by atoms with van der Waals surface area (Å²) in [6.07, 6.45) is 0. The van der Waals surface area contributed by atoms with Crippen molar-refractivity contribution in [3.05, 3.63) is 65.4 Å². The molecule has 2 unspecified atom stereocenters. The van der Waals surface area contributed by atoms with Crippen LogP contribution in [0.4, 0.5) is 0 Å². The molecule has 0 fully saturated rings. The van der Waals surface area contributed by atoms with E-state index in [0.29, 0.717) is 0 Å². The van der Waals surface area contributed by atoms with Crippen molar-refractivity contribution in [3.63, 3.8) is 0 Å². The van der Waals surface area contributed by atoms with Crippen LogP contribution >= 0.6 is 63.7 Å². The minimum atomic E-state index is -0.338. The maximum Gasteiger partial charge on any atom is 0.0514 e. The van der Waals surface area contributed by atoms with Crippen molar-refractivity contribution in [3.8, 4) is 0 Å². The molecule has 0 radical (unpaired) electrons. The summed E-state index contributed by atoms with van der Waals surface area (Å²) in [5, 5.41) is 0.